The Morgan fingerprint density at radius 3 is 2.43 bits per heavy atom. The fourth-order valence-electron chi connectivity index (χ4n) is 2.81. The molecule has 0 saturated carbocycles. The summed E-state index contributed by atoms with van der Waals surface area (Å²) in [7, 11) is 1.22. The summed E-state index contributed by atoms with van der Waals surface area (Å²) < 4.78 is 12.0. The Hall–Kier alpha value is -3.68. The first-order valence-electron chi connectivity index (χ1n) is 8.51. The van der Waals surface area contributed by atoms with Crippen LogP contribution in [0.2, 0.25) is 0 Å². The Balaban J connectivity index is 1.76. The number of nitro groups is 1. The molecule has 0 spiro atoms. The van der Waals surface area contributed by atoms with E-state index in [1.54, 1.807) is 0 Å². The van der Waals surface area contributed by atoms with Gasteiger partial charge in [-0.25, -0.2) is 9.48 Å². The van der Waals surface area contributed by atoms with Gasteiger partial charge in [0.05, 0.1) is 29.0 Å². The molecule has 0 atom stereocenters. The van der Waals surface area contributed by atoms with E-state index in [4.69, 9.17) is 4.74 Å². The van der Waals surface area contributed by atoms with Crippen molar-refractivity contribution in [3.63, 3.8) is 0 Å². The number of benzene rings is 2. The molecule has 0 N–H and O–H groups in total. The highest BCUT2D eigenvalue weighted by atomic mass is 16.6. The van der Waals surface area contributed by atoms with Crippen LogP contribution in [0.15, 0.2) is 48.5 Å². The Morgan fingerprint density at radius 2 is 1.86 bits per heavy atom. The van der Waals surface area contributed by atoms with Gasteiger partial charge in [-0.3, -0.25) is 10.1 Å². The van der Waals surface area contributed by atoms with Crippen LogP contribution in [0.3, 0.4) is 0 Å². The molecule has 3 aromatic rings. The van der Waals surface area contributed by atoms with Crippen LogP contribution in [0.25, 0.3) is 5.69 Å². The van der Waals surface area contributed by atoms with Crippen LogP contribution in [-0.4, -0.2) is 27.8 Å². The first-order valence-corrected chi connectivity index (χ1v) is 8.51. The molecular formula is C20H19N3O5. The molecule has 0 aliphatic carbocycles. The molecule has 0 bridgehead atoms. The molecule has 0 aliphatic heterocycles. The van der Waals surface area contributed by atoms with Crippen molar-refractivity contribution in [2.24, 2.45) is 0 Å². The summed E-state index contributed by atoms with van der Waals surface area (Å²) in [4.78, 5) is 22.3. The average molecular weight is 381 g/mol. The molecule has 28 heavy (non-hydrogen) atoms. The molecule has 0 aliphatic rings. The van der Waals surface area contributed by atoms with Crippen LogP contribution >= 0.6 is 0 Å². The van der Waals surface area contributed by atoms with E-state index in [-0.39, 0.29) is 23.6 Å². The predicted molar refractivity (Wildman–Crippen MR) is 102 cm³/mol. The number of hydrogen-bond acceptors (Lipinski definition) is 6. The summed E-state index contributed by atoms with van der Waals surface area (Å²) in [6.45, 7) is 4.06. The third-order valence-electron chi connectivity index (χ3n) is 4.16. The molecule has 0 amide bonds. The van der Waals surface area contributed by atoms with E-state index in [1.165, 1.54) is 19.2 Å². The first kappa shape index (κ1) is 19.1. The number of nitro benzene ring substituents is 1. The van der Waals surface area contributed by atoms with Crippen LogP contribution in [0.5, 0.6) is 5.75 Å². The fourth-order valence-corrected chi connectivity index (χ4v) is 2.81. The highest BCUT2D eigenvalue weighted by Gasteiger charge is 2.19. The summed E-state index contributed by atoms with van der Waals surface area (Å²) in [6, 6.07) is 13.5. The highest BCUT2D eigenvalue weighted by molar-refractivity contribution is 5.90. The maximum absolute atomic E-state index is 11.6. The Kier molecular flexibility index (Phi) is 5.39. The van der Waals surface area contributed by atoms with Crippen LogP contribution in [0.1, 0.15) is 27.3 Å². The van der Waals surface area contributed by atoms with Crippen LogP contribution in [0.4, 0.5) is 5.69 Å². The molecule has 0 radical (unpaired) electrons. The number of aryl methyl sites for hydroxylation is 2. The monoisotopic (exact) mass is 381 g/mol. The second-order valence-corrected chi connectivity index (χ2v) is 6.23. The number of hydrogen-bond donors (Lipinski definition) is 0. The van der Waals surface area contributed by atoms with Crippen LogP contribution in [-0.2, 0) is 11.3 Å². The lowest BCUT2D eigenvalue weighted by Gasteiger charge is -2.09. The lowest BCUT2D eigenvalue weighted by Crippen LogP contribution is -2.04. The summed E-state index contributed by atoms with van der Waals surface area (Å²) in [5.74, 6) is -0.560. The molecule has 8 nitrogen and oxygen atoms in total. The maximum Gasteiger partial charge on any atom is 0.338 e. The van der Waals surface area contributed by atoms with Gasteiger partial charge in [-0.15, -0.1) is 0 Å². The van der Waals surface area contributed by atoms with Gasteiger partial charge in [0.15, 0.2) is 5.75 Å². The van der Waals surface area contributed by atoms with Gasteiger partial charge in [0.1, 0.15) is 6.61 Å². The zero-order valence-electron chi connectivity index (χ0n) is 15.7. The second-order valence-electron chi connectivity index (χ2n) is 6.23. The average Bonchev–Trinajstić information content (AvgIpc) is 3.04. The van der Waals surface area contributed by atoms with E-state index in [2.05, 4.69) is 9.84 Å². The van der Waals surface area contributed by atoms with Gasteiger partial charge >= 0.3 is 11.7 Å². The topological polar surface area (TPSA) is 96.5 Å². The van der Waals surface area contributed by atoms with Gasteiger partial charge in [0, 0.05) is 11.8 Å². The van der Waals surface area contributed by atoms with Crippen molar-refractivity contribution < 1.29 is 19.2 Å². The molecule has 2 aromatic carbocycles. The molecule has 1 heterocycles. The zero-order chi connectivity index (χ0) is 20.3. The van der Waals surface area contributed by atoms with Crippen molar-refractivity contribution in [3.8, 4) is 11.4 Å². The lowest BCUT2D eigenvalue weighted by molar-refractivity contribution is -0.386. The van der Waals surface area contributed by atoms with Gasteiger partial charge in [-0.2, -0.15) is 5.10 Å². The normalized spacial score (nSPS) is 10.5. The van der Waals surface area contributed by atoms with E-state index >= 15 is 0 Å². The van der Waals surface area contributed by atoms with Crippen molar-refractivity contribution in [1.29, 1.82) is 0 Å². The summed E-state index contributed by atoms with van der Waals surface area (Å²) in [6.07, 6.45) is 0. The smallest absolute Gasteiger partial charge is 0.338 e. The van der Waals surface area contributed by atoms with Crippen molar-refractivity contribution in [2.75, 3.05) is 7.11 Å². The van der Waals surface area contributed by atoms with E-state index in [9.17, 15) is 14.9 Å². The summed E-state index contributed by atoms with van der Waals surface area (Å²) >= 11 is 0. The molecule has 144 valence electrons. The van der Waals surface area contributed by atoms with Gasteiger partial charge in [-0.1, -0.05) is 12.1 Å². The van der Waals surface area contributed by atoms with Crippen LogP contribution in [0, 0.1) is 24.0 Å². The molecule has 0 saturated heterocycles. The summed E-state index contributed by atoms with van der Waals surface area (Å²) in [5, 5.41) is 15.7. The van der Waals surface area contributed by atoms with Crippen molar-refractivity contribution in [3.05, 3.63) is 81.2 Å². The minimum atomic E-state index is -0.644. The lowest BCUT2D eigenvalue weighted by atomic mass is 10.2. The highest BCUT2D eigenvalue weighted by Crippen LogP contribution is 2.29. The number of rotatable bonds is 6. The molecule has 0 fully saturated rings. The number of ether oxygens (including phenoxy) is 2. The molecule has 8 heteroatoms. The van der Waals surface area contributed by atoms with E-state index in [0.29, 0.717) is 0 Å². The van der Waals surface area contributed by atoms with Gasteiger partial charge < -0.3 is 9.47 Å². The molecule has 1 aromatic heterocycles. The molecular weight excluding hydrogens is 362 g/mol. The Labute approximate surface area is 161 Å². The van der Waals surface area contributed by atoms with Crippen molar-refractivity contribution in [1.82, 2.24) is 9.78 Å². The standard InChI is InChI=1S/C20H19N3O5/c1-13-10-14(2)22(21-13)17-7-4-15(5-8-17)12-28-19-9-6-16(20(24)27-3)11-18(19)23(25)26/h4-11H,12H2,1-3H3. The van der Waals surface area contributed by atoms with Gasteiger partial charge in [0.25, 0.3) is 0 Å². The second kappa shape index (κ2) is 7.91. The number of carbonyl (C=O) groups is 1. The van der Waals surface area contributed by atoms with Gasteiger partial charge in [0.2, 0.25) is 0 Å². The number of aromatic nitrogens is 2. The number of methoxy groups -OCH3 is 1. The Bertz CT molecular complexity index is 1020. The largest absolute Gasteiger partial charge is 0.482 e. The third-order valence-corrected chi connectivity index (χ3v) is 4.16. The first-order chi connectivity index (χ1) is 13.4. The van der Waals surface area contributed by atoms with Gasteiger partial charge in [-0.05, 0) is 49.7 Å². The Morgan fingerprint density at radius 1 is 1.14 bits per heavy atom. The summed E-state index contributed by atoms with van der Waals surface area (Å²) in [5.41, 5.74) is 3.53. The fraction of sp³-hybridized carbons (Fsp3) is 0.200. The molecule has 3 rings (SSSR count). The molecule has 0 unspecified atom stereocenters. The third kappa shape index (κ3) is 4.01. The SMILES string of the molecule is COC(=O)c1ccc(OCc2ccc(-n3nc(C)cc3C)cc2)c([N+](=O)[O-])c1. The van der Waals surface area contributed by atoms with Crippen molar-refractivity contribution >= 4 is 11.7 Å². The minimum absolute atomic E-state index is 0.0836. The number of nitrogens with zero attached hydrogens (tertiary/aromatic N) is 3. The van der Waals surface area contributed by atoms with E-state index < -0.39 is 10.9 Å². The predicted octanol–water partition coefficient (Wildman–Crippen LogP) is 3.76. The van der Waals surface area contributed by atoms with E-state index in [1.807, 2.05) is 48.9 Å². The minimum Gasteiger partial charge on any atom is -0.482 e. The quantitative estimate of drug-likeness (QED) is 0.366. The maximum atomic E-state index is 11.6. The number of carbonyl (C=O) groups excluding carboxylic acids is 1. The van der Waals surface area contributed by atoms with Crippen molar-refractivity contribution in [2.45, 2.75) is 20.5 Å². The zero-order valence-corrected chi connectivity index (χ0v) is 15.7. The number of esters is 1. The van der Waals surface area contributed by atoms with E-state index in [0.717, 1.165) is 28.7 Å². The van der Waals surface area contributed by atoms with Crippen LogP contribution < -0.4 is 4.74 Å².